The fourth-order valence-electron chi connectivity index (χ4n) is 2.08. The van der Waals surface area contributed by atoms with Gasteiger partial charge in [-0.15, -0.1) is 0 Å². The normalized spacial score (nSPS) is 19.9. The minimum atomic E-state index is 0.486. The van der Waals surface area contributed by atoms with Crippen LogP contribution < -0.4 is 10.1 Å². The molecule has 14 heavy (non-hydrogen) atoms. The lowest BCUT2D eigenvalue weighted by Crippen LogP contribution is -2.17. The Bertz CT molecular complexity index is 333. The lowest BCUT2D eigenvalue weighted by Gasteiger charge is -2.16. The van der Waals surface area contributed by atoms with Gasteiger partial charge in [0.15, 0.2) is 0 Å². The number of methoxy groups -OCH3 is 1. The molecule has 2 heteroatoms. The van der Waals surface area contributed by atoms with E-state index in [4.69, 9.17) is 4.74 Å². The van der Waals surface area contributed by atoms with E-state index in [-0.39, 0.29) is 0 Å². The Morgan fingerprint density at radius 1 is 1.43 bits per heavy atom. The van der Waals surface area contributed by atoms with Gasteiger partial charge in [-0.1, -0.05) is 19.9 Å². The summed E-state index contributed by atoms with van der Waals surface area (Å²) in [4.78, 5) is 0. The number of nitrogens with one attached hydrogen (secondary N) is 1. The second-order valence-electron chi connectivity index (χ2n) is 4.17. The van der Waals surface area contributed by atoms with E-state index < -0.39 is 0 Å². The molecule has 1 aliphatic rings. The predicted molar refractivity (Wildman–Crippen MR) is 57.4 cm³/mol. The van der Waals surface area contributed by atoms with E-state index in [2.05, 4.69) is 31.3 Å². The fraction of sp³-hybridized carbons (Fsp3) is 0.500. The van der Waals surface area contributed by atoms with Crippen molar-refractivity contribution < 1.29 is 4.74 Å². The SMILES string of the molecule is COc1ccc2c(c1)C(C(C)C)NC2. The van der Waals surface area contributed by atoms with Crippen LogP contribution in [0.2, 0.25) is 0 Å². The molecule has 1 aromatic rings. The van der Waals surface area contributed by atoms with Crippen LogP contribution in [0.25, 0.3) is 0 Å². The van der Waals surface area contributed by atoms with E-state index in [1.807, 2.05) is 6.07 Å². The highest BCUT2D eigenvalue weighted by Crippen LogP contribution is 2.33. The van der Waals surface area contributed by atoms with Crippen molar-refractivity contribution >= 4 is 0 Å². The Kier molecular flexibility index (Phi) is 2.46. The Hall–Kier alpha value is -1.02. The molecule has 0 bridgehead atoms. The van der Waals surface area contributed by atoms with Crippen LogP contribution in [0.3, 0.4) is 0 Å². The van der Waals surface area contributed by atoms with Gasteiger partial charge in [-0.3, -0.25) is 0 Å². The van der Waals surface area contributed by atoms with Gasteiger partial charge in [0, 0.05) is 12.6 Å². The predicted octanol–water partition coefficient (Wildman–Crippen LogP) is 2.50. The van der Waals surface area contributed by atoms with Crippen molar-refractivity contribution in [2.24, 2.45) is 5.92 Å². The monoisotopic (exact) mass is 191 g/mol. The summed E-state index contributed by atoms with van der Waals surface area (Å²) in [7, 11) is 1.72. The van der Waals surface area contributed by atoms with E-state index >= 15 is 0 Å². The molecule has 1 heterocycles. The van der Waals surface area contributed by atoms with E-state index in [9.17, 15) is 0 Å². The van der Waals surface area contributed by atoms with Crippen molar-refractivity contribution in [2.45, 2.75) is 26.4 Å². The molecule has 1 unspecified atom stereocenters. The van der Waals surface area contributed by atoms with Gasteiger partial charge in [-0.25, -0.2) is 0 Å². The van der Waals surface area contributed by atoms with E-state index in [1.54, 1.807) is 7.11 Å². The average Bonchev–Trinajstić information content (AvgIpc) is 2.59. The van der Waals surface area contributed by atoms with Crippen LogP contribution in [0, 0.1) is 5.92 Å². The Labute approximate surface area is 85.3 Å². The lowest BCUT2D eigenvalue weighted by atomic mass is 9.96. The first kappa shape index (κ1) is 9.53. The zero-order valence-electron chi connectivity index (χ0n) is 9.00. The van der Waals surface area contributed by atoms with Crippen LogP contribution in [0.4, 0.5) is 0 Å². The first-order chi connectivity index (χ1) is 6.72. The van der Waals surface area contributed by atoms with Crippen LogP contribution in [0.15, 0.2) is 18.2 Å². The summed E-state index contributed by atoms with van der Waals surface area (Å²) in [6.45, 7) is 5.47. The van der Waals surface area contributed by atoms with Crippen molar-refractivity contribution in [1.82, 2.24) is 5.32 Å². The molecule has 1 aliphatic heterocycles. The molecule has 0 aromatic heterocycles. The molecule has 0 aliphatic carbocycles. The fourth-order valence-corrected chi connectivity index (χ4v) is 2.08. The molecule has 0 fully saturated rings. The summed E-state index contributed by atoms with van der Waals surface area (Å²) in [6, 6.07) is 6.83. The van der Waals surface area contributed by atoms with Gasteiger partial charge in [-0.2, -0.15) is 0 Å². The smallest absolute Gasteiger partial charge is 0.119 e. The van der Waals surface area contributed by atoms with Crippen molar-refractivity contribution in [1.29, 1.82) is 0 Å². The number of benzene rings is 1. The Morgan fingerprint density at radius 3 is 2.86 bits per heavy atom. The molecule has 0 saturated carbocycles. The molecule has 1 N–H and O–H groups in total. The molecule has 0 spiro atoms. The molecule has 0 radical (unpaired) electrons. The molecule has 2 rings (SSSR count). The highest BCUT2D eigenvalue weighted by molar-refractivity contribution is 5.40. The molecule has 1 atom stereocenters. The largest absolute Gasteiger partial charge is 0.497 e. The van der Waals surface area contributed by atoms with E-state index in [0.717, 1.165) is 12.3 Å². The standard InChI is InChI=1S/C12H17NO/c1-8(2)12-11-6-10(14-3)5-4-9(11)7-13-12/h4-6,8,12-13H,7H2,1-3H3. The molecular weight excluding hydrogens is 174 g/mol. The van der Waals surface area contributed by atoms with Gasteiger partial charge in [0.2, 0.25) is 0 Å². The molecular formula is C12H17NO. The minimum Gasteiger partial charge on any atom is -0.497 e. The summed E-state index contributed by atoms with van der Waals surface area (Å²) in [5.41, 5.74) is 2.81. The summed E-state index contributed by atoms with van der Waals surface area (Å²) in [5, 5.41) is 3.52. The maximum Gasteiger partial charge on any atom is 0.119 e. The van der Waals surface area contributed by atoms with E-state index in [1.165, 1.54) is 11.1 Å². The zero-order chi connectivity index (χ0) is 10.1. The van der Waals surface area contributed by atoms with Crippen molar-refractivity contribution in [2.75, 3.05) is 7.11 Å². The second-order valence-corrected chi connectivity index (χ2v) is 4.17. The first-order valence-corrected chi connectivity index (χ1v) is 5.12. The first-order valence-electron chi connectivity index (χ1n) is 5.12. The van der Waals surface area contributed by atoms with Crippen LogP contribution in [-0.4, -0.2) is 7.11 Å². The third-order valence-electron chi connectivity index (χ3n) is 2.87. The van der Waals surface area contributed by atoms with Crippen LogP contribution in [0.5, 0.6) is 5.75 Å². The number of hydrogen-bond donors (Lipinski definition) is 1. The van der Waals surface area contributed by atoms with Crippen LogP contribution in [-0.2, 0) is 6.54 Å². The quantitative estimate of drug-likeness (QED) is 0.775. The minimum absolute atomic E-state index is 0.486. The molecule has 0 saturated heterocycles. The van der Waals surface area contributed by atoms with Gasteiger partial charge in [0.05, 0.1) is 7.11 Å². The topological polar surface area (TPSA) is 21.3 Å². The Balaban J connectivity index is 2.37. The molecule has 76 valence electrons. The molecule has 1 aromatic carbocycles. The summed E-state index contributed by atoms with van der Waals surface area (Å²) in [6.07, 6.45) is 0. The van der Waals surface area contributed by atoms with Crippen LogP contribution >= 0.6 is 0 Å². The highest BCUT2D eigenvalue weighted by atomic mass is 16.5. The number of fused-ring (bicyclic) bond motifs is 1. The highest BCUT2D eigenvalue weighted by Gasteiger charge is 2.24. The summed E-state index contributed by atoms with van der Waals surface area (Å²) in [5.74, 6) is 1.58. The van der Waals surface area contributed by atoms with Crippen molar-refractivity contribution in [3.63, 3.8) is 0 Å². The average molecular weight is 191 g/mol. The number of ether oxygens (including phenoxy) is 1. The van der Waals surface area contributed by atoms with Gasteiger partial charge in [0.25, 0.3) is 0 Å². The third-order valence-corrected chi connectivity index (χ3v) is 2.87. The number of rotatable bonds is 2. The summed E-state index contributed by atoms with van der Waals surface area (Å²) >= 11 is 0. The van der Waals surface area contributed by atoms with Gasteiger partial charge in [-0.05, 0) is 29.2 Å². The molecule has 0 amide bonds. The van der Waals surface area contributed by atoms with Crippen molar-refractivity contribution in [3.8, 4) is 5.75 Å². The van der Waals surface area contributed by atoms with Gasteiger partial charge < -0.3 is 10.1 Å². The third kappa shape index (κ3) is 1.50. The maximum absolute atomic E-state index is 5.24. The van der Waals surface area contributed by atoms with Gasteiger partial charge >= 0.3 is 0 Å². The maximum atomic E-state index is 5.24. The van der Waals surface area contributed by atoms with Crippen molar-refractivity contribution in [3.05, 3.63) is 29.3 Å². The second kappa shape index (κ2) is 3.62. The summed E-state index contributed by atoms with van der Waals surface area (Å²) < 4.78 is 5.24. The Morgan fingerprint density at radius 2 is 2.21 bits per heavy atom. The molecule has 2 nitrogen and oxygen atoms in total. The lowest BCUT2D eigenvalue weighted by molar-refractivity contribution is 0.410. The van der Waals surface area contributed by atoms with Gasteiger partial charge in [0.1, 0.15) is 5.75 Å². The zero-order valence-corrected chi connectivity index (χ0v) is 9.00. The van der Waals surface area contributed by atoms with Crippen LogP contribution in [0.1, 0.15) is 31.0 Å². The number of hydrogen-bond acceptors (Lipinski definition) is 2. The van der Waals surface area contributed by atoms with E-state index in [0.29, 0.717) is 12.0 Å².